The molecule has 3 rings (SSSR count). The predicted octanol–water partition coefficient (Wildman–Crippen LogP) is 3.52. The Labute approximate surface area is 118 Å². The van der Waals surface area contributed by atoms with Gasteiger partial charge in [0.1, 0.15) is 5.82 Å². The second-order valence-electron chi connectivity index (χ2n) is 4.93. The summed E-state index contributed by atoms with van der Waals surface area (Å²) in [4.78, 5) is 8.34. The topological polar surface area (TPSA) is 28.2 Å². The van der Waals surface area contributed by atoms with Crippen molar-refractivity contribution in [2.24, 2.45) is 0 Å². The van der Waals surface area contributed by atoms with Gasteiger partial charge in [0.2, 0.25) is 0 Å². The number of thiophene rings is 1. The van der Waals surface area contributed by atoms with Crippen LogP contribution < -0.4 is 5.32 Å². The maximum Gasteiger partial charge on any atom is 0.125 e. The van der Waals surface area contributed by atoms with E-state index in [1.54, 1.807) is 0 Å². The normalized spacial score (nSPS) is 19.7. The minimum atomic E-state index is 0.539. The molecule has 1 N–H and O–H groups in total. The molecule has 1 fully saturated rings. The van der Waals surface area contributed by atoms with E-state index in [0.717, 1.165) is 12.4 Å². The van der Waals surface area contributed by atoms with E-state index in [0.29, 0.717) is 6.04 Å². The number of likely N-dealkylation sites (tertiary alicyclic amines) is 1. The van der Waals surface area contributed by atoms with Gasteiger partial charge in [-0.1, -0.05) is 6.07 Å². The monoisotopic (exact) mass is 273 g/mol. The molecule has 1 atom stereocenters. The van der Waals surface area contributed by atoms with Crippen molar-refractivity contribution in [2.45, 2.75) is 25.4 Å². The lowest BCUT2D eigenvalue weighted by Gasteiger charge is -2.24. The Bertz CT molecular complexity index is 524. The van der Waals surface area contributed by atoms with Crippen molar-refractivity contribution < 1.29 is 0 Å². The summed E-state index contributed by atoms with van der Waals surface area (Å²) in [7, 11) is 1.92. The van der Waals surface area contributed by atoms with Crippen LogP contribution in [0.5, 0.6) is 0 Å². The molecule has 19 heavy (non-hydrogen) atoms. The summed E-state index contributed by atoms with van der Waals surface area (Å²) in [6.45, 7) is 2.26. The quantitative estimate of drug-likeness (QED) is 0.924. The smallest absolute Gasteiger partial charge is 0.125 e. The third kappa shape index (κ3) is 2.80. The van der Waals surface area contributed by atoms with Gasteiger partial charge in [0.25, 0.3) is 0 Å². The molecule has 100 valence electrons. The Kier molecular flexibility index (Phi) is 3.80. The zero-order valence-corrected chi connectivity index (χ0v) is 12.0. The fraction of sp³-hybridized carbons (Fsp3) is 0.400. The van der Waals surface area contributed by atoms with Gasteiger partial charge in [-0.3, -0.25) is 4.90 Å². The lowest BCUT2D eigenvalue weighted by atomic mass is 10.1. The average molecular weight is 273 g/mol. The van der Waals surface area contributed by atoms with Gasteiger partial charge in [0.15, 0.2) is 0 Å². The van der Waals surface area contributed by atoms with Gasteiger partial charge in [-0.25, -0.2) is 4.98 Å². The minimum Gasteiger partial charge on any atom is -0.373 e. The van der Waals surface area contributed by atoms with Crippen LogP contribution in [0.3, 0.4) is 0 Å². The molecule has 2 aromatic rings. The molecule has 0 spiro atoms. The molecule has 0 radical (unpaired) electrons. The SMILES string of the molecule is CNc1cc(C2CCCN2Cc2cccs2)ccn1. The number of rotatable bonds is 4. The molecule has 1 saturated heterocycles. The lowest BCUT2D eigenvalue weighted by molar-refractivity contribution is 0.251. The number of anilines is 1. The number of hydrogen-bond donors (Lipinski definition) is 1. The molecule has 0 amide bonds. The molecule has 3 nitrogen and oxygen atoms in total. The lowest BCUT2D eigenvalue weighted by Crippen LogP contribution is -2.22. The standard InChI is InChI=1S/C15H19N3S/c1-16-15-10-12(6-7-17-15)14-5-2-8-18(14)11-13-4-3-9-19-13/h3-4,6-7,9-10,14H,2,5,8,11H2,1H3,(H,16,17). The van der Waals surface area contributed by atoms with Crippen molar-refractivity contribution in [3.05, 3.63) is 46.3 Å². The van der Waals surface area contributed by atoms with E-state index < -0.39 is 0 Å². The van der Waals surface area contributed by atoms with Crippen LogP contribution in [0.25, 0.3) is 0 Å². The van der Waals surface area contributed by atoms with Crippen molar-refractivity contribution in [2.75, 3.05) is 18.9 Å². The highest BCUT2D eigenvalue weighted by atomic mass is 32.1. The fourth-order valence-electron chi connectivity index (χ4n) is 2.79. The van der Waals surface area contributed by atoms with Gasteiger partial charge < -0.3 is 5.32 Å². The molecule has 0 aromatic carbocycles. The molecule has 0 bridgehead atoms. The summed E-state index contributed by atoms with van der Waals surface area (Å²) in [5.41, 5.74) is 1.38. The molecule has 1 aliphatic rings. The third-order valence-corrected chi connectivity index (χ3v) is 4.59. The number of aromatic nitrogens is 1. The first-order valence-electron chi connectivity index (χ1n) is 6.77. The van der Waals surface area contributed by atoms with Crippen LogP contribution in [0.1, 0.15) is 29.3 Å². The largest absolute Gasteiger partial charge is 0.373 e. The molecule has 3 heterocycles. The minimum absolute atomic E-state index is 0.539. The van der Waals surface area contributed by atoms with Crippen molar-refractivity contribution in [1.82, 2.24) is 9.88 Å². The summed E-state index contributed by atoms with van der Waals surface area (Å²) in [5.74, 6) is 0.959. The summed E-state index contributed by atoms with van der Waals surface area (Å²) in [5, 5.41) is 5.28. The Hall–Kier alpha value is -1.39. The van der Waals surface area contributed by atoms with Crippen LogP contribution in [-0.4, -0.2) is 23.5 Å². The van der Waals surface area contributed by atoms with Crippen molar-refractivity contribution >= 4 is 17.2 Å². The Morgan fingerprint density at radius 1 is 1.47 bits per heavy atom. The first-order chi connectivity index (χ1) is 9.36. The van der Waals surface area contributed by atoms with Crippen LogP contribution in [-0.2, 0) is 6.54 Å². The summed E-state index contributed by atoms with van der Waals surface area (Å²) in [6.07, 6.45) is 4.44. The first kappa shape index (κ1) is 12.6. The number of nitrogens with one attached hydrogen (secondary N) is 1. The van der Waals surface area contributed by atoms with Crippen LogP contribution >= 0.6 is 11.3 Å². The van der Waals surface area contributed by atoms with E-state index >= 15 is 0 Å². The zero-order chi connectivity index (χ0) is 13.1. The van der Waals surface area contributed by atoms with Gasteiger partial charge >= 0.3 is 0 Å². The Morgan fingerprint density at radius 2 is 2.42 bits per heavy atom. The predicted molar refractivity (Wildman–Crippen MR) is 80.5 cm³/mol. The number of nitrogens with zero attached hydrogens (tertiary/aromatic N) is 2. The zero-order valence-electron chi connectivity index (χ0n) is 11.2. The van der Waals surface area contributed by atoms with E-state index in [1.165, 1.54) is 29.8 Å². The molecule has 0 saturated carbocycles. The van der Waals surface area contributed by atoms with Gasteiger partial charge in [-0.05, 0) is 48.5 Å². The molecule has 1 unspecified atom stereocenters. The van der Waals surface area contributed by atoms with E-state index in [9.17, 15) is 0 Å². The number of pyridine rings is 1. The van der Waals surface area contributed by atoms with E-state index in [1.807, 2.05) is 24.6 Å². The summed E-state index contributed by atoms with van der Waals surface area (Å²) >= 11 is 1.85. The first-order valence-corrected chi connectivity index (χ1v) is 7.65. The van der Waals surface area contributed by atoms with E-state index in [-0.39, 0.29) is 0 Å². The Balaban J connectivity index is 1.78. The Morgan fingerprint density at radius 3 is 3.21 bits per heavy atom. The summed E-state index contributed by atoms with van der Waals surface area (Å²) < 4.78 is 0. The van der Waals surface area contributed by atoms with Gasteiger partial charge in [-0.2, -0.15) is 0 Å². The molecule has 2 aromatic heterocycles. The second-order valence-corrected chi connectivity index (χ2v) is 5.96. The van der Waals surface area contributed by atoms with Crippen molar-refractivity contribution in [3.8, 4) is 0 Å². The fourth-order valence-corrected chi connectivity index (χ4v) is 3.52. The van der Waals surface area contributed by atoms with Crippen LogP contribution in [0, 0.1) is 0 Å². The number of hydrogen-bond acceptors (Lipinski definition) is 4. The maximum atomic E-state index is 4.30. The highest BCUT2D eigenvalue weighted by molar-refractivity contribution is 7.09. The second kappa shape index (κ2) is 5.72. The van der Waals surface area contributed by atoms with Crippen LogP contribution in [0.4, 0.5) is 5.82 Å². The highest BCUT2D eigenvalue weighted by Crippen LogP contribution is 2.34. The van der Waals surface area contributed by atoms with Crippen LogP contribution in [0.15, 0.2) is 35.8 Å². The average Bonchev–Trinajstić information content (AvgIpc) is 3.11. The van der Waals surface area contributed by atoms with Gasteiger partial charge in [-0.15, -0.1) is 11.3 Å². The van der Waals surface area contributed by atoms with E-state index in [2.05, 4.69) is 44.8 Å². The summed E-state index contributed by atoms with van der Waals surface area (Å²) in [6, 6.07) is 9.23. The van der Waals surface area contributed by atoms with Crippen molar-refractivity contribution in [3.63, 3.8) is 0 Å². The molecule has 0 aliphatic carbocycles. The van der Waals surface area contributed by atoms with Crippen molar-refractivity contribution in [1.29, 1.82) is 0 Å². The molecule has 1 aliphatic heterocycles. The molecular formula is C15H19N3S. The molecular weight excluding hydrogens is 254 g/mol. The third-order valence-electron chi connectivity index (χ3n) is 3.73. The van der Waals surface area contributed by atoms with Gasteiger partial charge in [0, 0.05) is 30.7 Å². The van der Waals surface area contributed by atoms with Crippen LogP contribution in [0.2, 0.25) is 0 Å². The van der Waals surface area contributed by atoms with Gasteiger partial charge in [0.05, 0.1) is 0 Å². The highest BCUT2D eigenvalue weighted by Gasteiger charge is 2.26. The maximum absolute atomic E-state index is 4.30. The molecule has 4 heteroatoms. The van der Waals surface area contributed by atoms with E-state index in [4.69, 9.17) is 0 Å².